The summed E-state index contributed by atoms with van der Waals surface area (Å²) in [6, 6.07) is 0. The minimum Gasteiger partial charge on any atom is -0.394 e. The number of aromatic nitrogens is 2. The van der Waals surface area contributed by atoms with Gasteiger partial charge in [-0.25, -0.2) is 4.68 Å². The summed E-state index contributed by atoms with van der Waals surface area (Å²) < 4.78 is 1.85. The third-order valence-corrected chi connectivity index (χ3v) is 3.05. The van der Waals surface area contributed by atoms with Crippen molar-refractivity contribution in [2.24, 2.45) is 5.92 Å². The quantitative estimate of drug-likeness (QED) is 0.778. The van der Waals surface area contributed by atoms with Gasteiger partial charge in [0.15, 0.2) is 0 Å². The number of hydrogen-bond donors (Lipinski definition) is 2. The van der Waals surface area contributed by atoms with Crippen LogP contribution in [0.2, 0.25) is 0 Å². The second-order valence-electron chi connectivity index (χ2n) is 4.40. The molecule has 1 rings (SSSR count). The molecule has 92 valence electrons. The van der Waals surface area contributed by atoms with Crippen molar-refractivity contribution in [3.8, 4) is 0 Å². The highest BCUT2D eigenvalue weighted by Gasteiger charge is 2.11. The van der Waals surface area contributed by atoms with E-state index in [2.05, 4.69) is 31.2 Å². The summed E-state index contributed by atoms with van der Waals surface area (Å²) in [6.07, 6.45) is 1.17. The number of nitrogens with zero attached hydrogens (tertiary/aromatic N) is 2. The van der Waals surface area contributed by atoms with Crippen molar-refractivity contribution in [1.82, 2.24) is 9.78 Å². The van der Waals surface area contributed by atoms with Gasteiger partial charge in [-0.2, -0.15) is 5.10 Å². The average Bonchev–Trinajstić information content (AvgIpc) is 2.53. The van der Waals surface area contributed by atoms with E-state index in [-0.39, 0.29) is 6.61 Å². The minimum atomic E-state index is 0.124. The first-order chi connectivity index (χ1) is 7.60. The van der Waals surface area contributed by atoms with E-state index in [1.54, 1.807) is 0 Å². The lowest BCUT2D eigenvalue weighted by molar-refractivity contribution is 0.270. The van der Waals surface area contributed by atoms with Crippen LogP contribution in [-0.4, -0.2) is 28.0 Å². The van der Waals surface area contributed by atoms with E-state index in [1.807, 2.05) is 11.6 Å². The Balaban J connectivity index is 2.76. The van der Waals surface area contributed by atoms with Crippen LogP contribution in [0.5, 0.6) is 0 Å². The lowest BCUT2D eigenvalue weighted by Crippen LogP contribution is -2.15. The highest BCUT2D eigenvalue weighted by molar-refractivity contribution is 5.46. The van der Waals surface area contributed by atoms with E-state index < -0.39 is 0 Å². The van der Waals surface area contributed by atoms with E-state index >= 15 is 0 Å². The van der Waals surface area contributed by atoms with E-state index in [4.69, 9.17) is 5.11 Å². The number of rotatable bonds is 6. The molecule has 0 saturated carbocycles. The predicted octanol–water partition coefficient (Wildman–Crippen LogP) is 1.95. The van der Waals surface area contributed by atoms with Gasteiger partial charge >= 0.3 is 0 Å². The number of hydrogen-bond acceptors (Lipinski definition) is 3. The Bertz CT molecular complexity index is 333. The van der Waals surface area contributed by atoms with Gasteiger partial charge in [-0.05, 0) is 19.8 Å². The fraction of sp³-hybridized carbons (Fsp3) is 0.750. The average molecular weight is 225 g/mol. The van der Waals surface area contributed by atoms with E-state index in [0.717, 1.165) is 18.1 Å². The molecule has 1 heterocycles. The third kappa shape index (κ3) is 2.98. The molecule has 1 aromatic rings. The molecular formula is C12H23N3O. The summed E-state index contributed by atoms with van der Waals surface area (Å²) in [7, 11) is 0. The van der Waals surface area contributed by atoms with Crippen LogP contribution >= 0.6 is 0 Å². The highest BCUT2D eigenvalue weighted by Crippen LogP contribution is 2.18. The molecule has 0 radical (unpaired) electrons. The van der Waals surface area contributed by atoms with Gasteiger partial charge in [-0.15, -0.1) is 0 Å². The zero-order valence-electron chi connectivity index (χ0n) is 10.7. The molecule has 4 nitrogen and oxygen atoms in total. The minimum absolute atomic E-state index is 0.124. The summed E-state index contributed by atoms with van der Waals surface area (Å²) in [4.78, 5) is 0. The molecule has 0 aromatic carbocycles. The van der Waals surface area contributed by atoms with Gasteiger partial charge in [0.2, 0.25) is 0 Å². The molecule has 0 saturated heterocycles. The first kappa shape index (κ1) is 13.0. The van der Waals surface area contributed by atoms with Gasteiger partial charge in [0.1, 0.15) is 5.82 Å². The van der Waals surface area contributed by atoms with Crippen LogP contribution in [-0.2, 0) is 6.54 Å². The van der Waals surface area contributed by atoms with Crippen molar-refractivity contribution in [2.45, 2.75) is 40.7 Å². The highest BCUT2D eigenvalue weighted by atomic mass is 16.3. The molecule has 1 aromatic heterocycles. The van der Waals surface area contributed by atoms with Crippen LogP contribution in [0.3, 0.4) is 0 Å². The van der Waals surface area contributed by atoms with Crippen LogP contribution in [0.4, 0.5) is 5.82 Å². The van der Waals surface area contributed by atoms with Crippen molar-refractivity contribution >= 4 is 5.82 Å². The van der Waals surface area contributed by atoms with Gasteiger partial charge in [0.05, 0.1) is 18.8 Å². The topological polar surface area (TPSA) is 50.1 Å². The van der Waals surface area contributed by atoms with Gasteiger partial charge in [-0.1, -0.05) is 20.3 Å². The fourth-order valence-electron chi connectivity index (χ4n) is 1.57. The summed E-state index contributed by atoms with van der Waals surface area (Å²) in [5.41, 5.74) is 2.21. The summed E-state index contributed by atoms with van der Waals surface area (Å²) in [5, 5.41) is 16.8. The number of aliphatic hydroxyl groups excluding tert-OH is 1. The summed E-state index contributed by atoms with van der Waals surface area (Å²) >= 11 is 0. The molecule has 0 spiro atoms. The van der Waals surface area contributed by atoms with Crippen LogP contribution in [0.15, 0.2) is 0 Å². The summed E-state index contributed by atoms with van der Waals surface area (Å²) in [6.45, 7) is 10.1. The van der Waals surface area contributed by atoms with E-state index in [1.165, 1.54) is 12.0 Å². The number of anilines is 1. The Kier molecular flexibility index (Phi) is 4.80. The van der Waals surface area contributed by atoms with Gasteiger partial charge in [-0.3, -0.25) is 0 Å². The second-order valence-corrected chi connectivity index (χ2v) is 4.40. The van der Waals surface area contributed by atoms with Crippen molar-refractivity contribution in [3.63, 3.8) is 0 Å². The lowest BCUT2D eigenvalue weighted by atomic mass is 10.1. The Morgan fingerprint density at radius 3 is 2.69 bits per heavy atom. The molecule has 0 fully saturated rings. The molecule has 4 heteroatoms. The smallest absolute Gasteiger partial charge is 0.127 e. The van der Waals surface area contributed by atoms with Crippen LogP contribution < -0.4 is 5.32 Å². The van der Waals surface area contributed by atoms with Crippen molar-refractivity contribution in [1.29, 1.82) is 0 Å². The van der Waals surface area contributed by atoms with Gasteiger partial charge < -0.3 is 10.4 Å². The maximum atomic E-state index is 8.98. The Hall–Kier alpha value is -1.03. The van der Waals surface area contributed by atoms with Crippen molar-refractivity contribution < 1.29 is 5.11 Å². The monoisotopic (exact) mass is 225 g/mol. The van der Waals surface area contributed by atoms with Crippen LogP contribution in [0.25, 0.3) is 0 Å². The molecule has 0 aliphatic carbocycles. The largest absolute Gasteiger partial charge is 0.394 e. The molecule has 2 N–H and O–H groups in total. The van der Waals surface area contributed by atoms with Crippen molar-refractivity contribution in [3.05, 3.63) is 11.3 Å². The molecule has 0 aliphatic heterocycles. The van der Waals surface area contributed by atoms with Gasteiger partial charge in [0.25, 0.3) is 0 Å². The first-order valence-electron chi connectivity index (χ1n) is 5.98. The molecular weight excluding hydrogens is 202 g/mol. The van der Waals surface area contributed by atoms with E-state index in [9.17, 15) is 0 Å². The third-order valence-electron chi connectivity index (χ3n) is 3.05. The number of aryl methyl sites for hydroxylation is 1. The molecule has 0 aliphatic rings. The van der Waals surface area contributed by atoms with Crippen molar-refractivity contribution in [2.75, 3.05) is 18.5 Å². The lowest BCUT2D eigenvalue weighted by Gasteiger charge is -2.13. The van der Waals surface area contributed by atoms with Gasteiger partial charge in [0, 0.05) is 12.1 Å². The molecule has 1 unspecified atom stereocenters. The fourth-order valence-corrected chi connectivity index (χ4v) is 1.57. The second kappa shape index (κ2) is 5.89. The Morgan fingerprint density at radius 1 is 1.44 bits per heavy atom. The zero-order chi connectivity index (χ0) is 12.1. The predicted molar refractivity (Wildman–Crippen MR) is 66.7 cm³/mol. The molecule has 16 heavy (non-hydrogen) atoms. The number of nitrogens with one attached hydrogen (secondary N) is 1. The summed E-state index contributed by atoms with van der Waals surface area (Å²) in [5.74, 6) is 1.70. The molecule has 0 amide bonds. The Morgan fingerprint density at radius 2 is 2.12 bits per heavy atom. The maximum absolute atomic E-state index is 8.98. The normalized spacial score (nSPS) is 12.8. The number of aliphatic hydroxyl groups is 1. The van der Waals surface area contributed by atoms with E-state index in [0.29, 0.717) is 12.5 Å². The Labute approximate surface area is 97.7 Å². The molecule has 1 atom stereocenters. The van der Waals surface area contributed by atoms with Crippen LogP contribution in [0, 0.1) is 19.8 Å². The standard InChI is InChI=1S/C12H23N3O/c1-5-9(2)8-13-12-10(3)11(4)14-15(12)6-7-16/h9,13,16H,5-8H2,1-4H3. The zero-order valence-corrected chi connectivity index (χ0v) is 10.7. The SMILES string of the molecule is CCC(C)CNc1c(C)c(C)nn1CCO. The molecule has 0 bridgehead atoms. The van der Waals surface area contributed by atoms with Crippen LogP contribution in [0.1, 0.15) is 31.5 Å². The first-order valence-corrected chi connectivity index (χ1v) is 5.98. The maximum Gasteiger partial charge on any atom is 0.127 e.